The maximum absolute atomic E-state index is 12.4. The Labute approximate surface area is 132 Å². The standard InChI is InChI=1S/C15H16ClN3O3/c1-15(9-6-7-9)13(21)19(14(22)18-15)8-12(20)17-11-5-3-2-4-10(11)16/h2-5,9H,6-8H2,1H3,(H,17,20)(H,18,22). The summed E-state index contributed by atoms with van der Waals surface area (Å²) in [6.07, 6.45) is 1.84. The molecule has 1 unspecified atom stereocenters. The second-order valence-corrected chi connectivity index (χ2v) is 6.23. The smallest absolute Gasteiger partial charge is 0.323 e. The number of rotatable bonds is 4. The first-order valence-corrected chi connectivity index (χ1v) is 7.48. The molecule has 0 radical (unpaired) electrons. The minimum atomic E-state index is -0.873. The second-order valence-electron chi connectivity index (χ2n) is 5.83. The minimum absolute atomic E-state index is 0.167. The summed E-state index contributed by atoms with van der Waals surface area (Å²) in [6.45, 7) is 1.40. The van der Waals surface area contributed by atoms with Gasteiger partial charge in [-0.15, -0.1) is 0 Å². The van der Waals surface area contributed by atoms with Gasteiger partial charge in [0.1, 0.15) is 12.1 Å². The van der Waals surface area contributed by atoms with Gasteiger partial charge in [0.15, 0.2) is 0 Å². The van der Waals surface area contributed by atoms with E-state index < -0.39 is 17.5 Å². The van der Waals surface area contributed by atoms with Crippen LogP contribution >= 0.6 is 11.6 Å². The van der Waals surface area contributed by atoms with Gasteiger partial charge in [-0.2, -0.15) is 0 Å². The lowest BCUT2D eigenvalue weighted by Gasteiger charge is -2.20. The Morgan fingerprint density at radius 1 is 1.41 bits per heavy atom. The monoisotopic (exact) mass is 321 g/mol. The highest BCUT2D eigenvalue weighted by Gasteiger charge is 2.56. The zero-order valence-electron chi connectivity index (χ0n) is 12.1. The van der Waals surface area contributed by atoms with Crippen molar-refractivity contribution in [2.45, 2.75) is 25.3 Å². The molecule has 116 valence electrons. The number of amides is 4. The van der Waals surface area contributed by atoms with Crippen LogP contribution in [0.5, 0.6) is 0 Å². The van der Waals surface area contributed by atoms with E-state index >= 15 is 0 Å². The fourth-order valence-electron chi connectivity index (χ4n) is 2.69. The Kier molecular flexibility index (Phi) is 3.56. The molecule has 6 nitrogen and oxygen atoms in total. The number of halogens is 1. The van der Waals surface area contributed by atoms with E-state index in [1.54, 1.807) is 31.2 Å². The molecule has 1 saturated carbocycles. The predicted molar refractivity (Wildman–Crippen MR) is 81.5 cm³/mol. The number of hydrogen-bond acceptors (Lipinski definition) is 3. The van der Waals surface area contributed by atoms with Crippen molar-refractivity contribution in [2.75, 3.05) is 11.9 Å². The van der Waals surface area contributed by atoms with Gasteiger partial charge in [-0.3, -0.25) is 14.5 Å². The predicted octanol–water partition coefficient (Wildman–Crippen LogP) is 2.00. The van der Waals surface area contributed by atoms with E-state index in [-0.39, 0.29) is 18.4 Å². The van der Waals surface area contributed by atoms with E-state index in [0.29, 0.717) is 10.7 Å². The van der Waals surface area contributed by atoms with E-state index in [0.717, 1.165) is 17.7 Å². The van der Waals surface area contributed by atoms with Gasteiger partial charge in [-0.1, -0.05) is 23.7 Å². The molecule has 22 heavy (non-hydrogen) atoms. The maximum Gasteiger partial charge on any atom is 0.325 e. The summed E-state index contributed by atoms with van der Waals surface area (Å²) in [5.74, 6) is -0.633. The summed E-state index contributed by atoms with van der Waals surface area (Å²) in [5, 5.41) is 5.71. The average Bonchev–Trinajstić information content (AvgIpc) is 3.28. The van der Waals surface area contributed by atoms with Gasteiger partial charge in [0, 0.05) is 0 Å². The quantitative estimate of drug-likeness (QED) is 0.833. The lowest BCUT2D eigenvalue weighted by atomic mass is 9.96. The second kappa shape index (κ2) is 5.28. The van der Waals surface area contributed by atoms with Crippen LogP contribution in [0, 0.1) is 5.92 Å². The first-order valence-electron chi connectivity index (χ1n) is 7.10. The lowest BCUT2D eigenvalue weighted by Crippen LogP contribution is -2.46. The Balaban J connectivity index is 1.68. The highest BCUT2D eigenvalue weighted by molar-refractivity contribution is 6.33. The molecular weight excluding hydrogens is 306 g/mol. The van der Waals surface area contributed by atoms with Crippen molar-refractivity contribution in [3.8, 4) is 0 Å². The number of hydrogen-bond donors (Lipinski definition) is 2. The first-order chi connectivity index (χ1) is 10.4. The fraction of sp³-hybridized carbons (Fsp3) is 0.400. The van der Waals surface area contributed by atoms with Crippen LogP contribution in [0.1, 0.15) is 19.8 Å². The summed E-state index contributed by atoms with van der Waals surface area (Å²) in [4.78, 5) is 37.4. The van der Waals surface area contributed by atoms with Crippen molar-refractivity contribution in [1.82, 2.24) is 10.2 Å². The Morgan fingerprint density at radius 2 is 2.09 bits per heavy atom. The summed E-state index contributed by atoms with van der Waals surface area (Å²) in [6, 6.07) is 6.26. The Morgan fingerprint density at radius 3 is 2.73 bits per heavy atom. The zero-order valence-corrected chi connectivity index (χ0v) is 12.8. The molecule has 0 aromatic heterocycles. The van der Waals surface area contributed by atoms with Crippen LogP contribution < -0.4 is 10.6 Å². The highest BCUT2D eigenvalue weighted by atomic mass is 35.5. The van der Waals surface area contributed by atoms with Crippen molar-refractivity contribution in [2.24, 2.45) is 5.92 Å². The van der Waals surface area contributed by atoms with Crippen LogP contribution in [-0.2, 0) is 9.59 Å². The molecule has 1 saturated heterocycles. The summed E-state index contributed by atoms with van der Waals surface area (Å²) < 4.78 is 0. The van der Waals surface area contributed by atoms with Crippen LogP contribution in [0.3, 0.4) is 0 Å². The average molecular weight is 322 g/mol. The number of nitrogens with one attached hydrogen (secondary N) is 2. The number of nitrogens with zero attached hydrogens (tertiary/aromatic N) is 1. The Bertz CT molecular complexity index is 659. The molecule has 4 amide bonds. The molecule has 1 aliphatic carbocycles. The van der Waals surface area contributed by atoms with Crippen molar-refractivity contribution in [3.63, 3.8) is 0 Å². The molecule has 1 heterocycles. The molecule has 3 rings (SSSR count). The third kappa shape index (κ3) is 2.54. The van der Waals surface area contributed by atoms with Gasteiger partial charge in [0.05, 0.1) is 10.7 Å². The van der Waals surface area contributed by atoms with Crippen LogP contribution in [0.2, 0.25) is 5.02 Å². The molecule has 7 heteroatoms. The summed E-state index contributed by atoms with van der Waals surface area (Å²) >= 11 is 5.96. The number of urea groups is 1. The third-order valence-electron chi connectivity index (χ3n) is 4.14. The lowest BCUT2D eigenvalue weighted by molar-refractivity contribution is -0.134. The maximum atomic E-state index is 12.4. The van der Waals surface area contributed by atoms with Crippen LogP contribution in [0.15, 0.2) is 24.3 Å². The van der Waals surface area contributed by atoms with Crippen LogP contribution in [0.4, 0.5) is 10.5 Å². The topological polar surface area (TPSA) is 78.5 Å². The summed E-state index contributed by atoms with van der Waals surface area (Å²) in [5.41, 5.74) is -0.423. The van der Waals surface area contributed by atoms with Crippen LogP contribution in [0.25, 0.3) is 0 Å². The number of para-hydroxylation sites is 1. The van der Waals surface area contributed by atoms with Gasteiger partial charge in [0.2, 0.25) is 5.91 Å². The number of imide groups is 1. The van der Waals surface area contributed by atoms with E-state index in [2.05, 4.69) is 10.6 Å². The number of carbonyl (C=O) groups is 3. The van der Waals surface area contributed by atoms with Gasteiger partial charge < -0.3 is 10.6 Å². The largest absolute Gasteiger partial charge is 0.325 e. The van der Waals surface area contributed by atoms with E-state index in [4.69, 9.17) is 11.6 Å². The van der Waals surface area contributed by atoms with Gasteiger partial charge in [-0.25, -0.2) is 4.79 Å². The SMILES string of the molecule is CC1(C2CC2)NC(=O)N(CC(=O)Nc2ccccc2Cl)C1=O. The summed E-state index contributed by atoms with van der Waals surface area (Å²) in [7, 11) is 0. The number of benzene rings is 1. The Hall–Kier alpha value is -2.08. The molecule has 1 aromatic carbocycles. The fourth-order valence-corrected chi connectivity index (χ4v) is 2.88. The number of anilines is 1. The van der Waals surface area contributed by atoms with E-state index in [1.807, 2.05) is 0 Å². The van der Waals surface area contributed by atoms with Crippen LogP contribution in [-0.4, -0.2) is 34.8 Å². The molecule has 2 aliphatic rings. The molecule has 1 aromatic rings. The third-order valence-corrected chi connectivity index (χ3v) is 4.47. The van der Waals surface area contributed by atoms with Crippen molar-refractivity contribution in [3.05, 3.63) is 29.3 Å². The van der Waals surface area contributed by atoms with E-state index in [1.165, 1.54) is 0 Å². The molecule has 1 aliphatic heterocycles. The van der Waals surface area contributed by atoms with Crippen molar-refractivity contribution >= 4 is 35.1 Å². The zero-order chi connectivity index (χ0) is 15.9. The van der Waals surface area contributed by atoms with Crippen molar-refractivity contribution < 1.29 is 14.4 Å². The first kappa shape index (κ1) is 14.8. The number of carbonyl (C=O) groups excluding carboxylic acids is 3. The van der Waals surface area contributed by atoms with E-state index in [9.17, 15) is 14.4 Å². The molecule has 0 bridgehead atoms. The highest BCUT2D eigenvalue weighted by Crippen LogP contribution is 2.42. The van der Waals surface area contributed by atoms with Gasteiger partial charge in [-0.05, 0) is 37.8 Å². The molecule has 2 N–H and O–H groups in total. The normalized spacial score (nSPS) is 24.4. The van der Waals surface area contributed by atoms with Crippen molar-refractivity contribution in [1.29, 1.82) is 0 Å². The van der Waals surface area contributed by atoms with Gasteiger partial charge >= 0.3 is 6.03 Å². The molecule has 0 spiro atoms. The van der Waals surface area contributed by atoms with Gasteiger partial charge in [0.25, 0.3) is 5.91 Å². The molecular formula is C15H16ClN3O3. The molecule has 2 fully saturated rings. The minimum Gasteiger partial charge on any atom is -0.323 e. The molecule has 1 atom stereocenters.